The molecule has 0 aliphatic rings. The van der Waals surface area contributed by atoms with E-state index in [9.17, 15) is 9.59 Å². The molecule has 3 nitrogen and oxygen atoms in total. The van der Waals surface area contributed by atoms with Crippen LogP contribution in [0.25, 0.3) is 0 Å². The molecule has 0 spiro atoms. The number of rotatable bonds is 9. The summed E-state index contributed by atoms with van der Waals surface area (Å²) in [5.41, 5.74) is 1.10. The van der Waals surface area contributed by atoms with Crippen molar-refractivity contribution >= 4 is 23.9 Å². The normalized spacial score (nSPS) is 12.8. The number of hydrogen-bond acceptors (Lipinski definition) is 3. The standard InChI is InChI=1S/C22H23ClO3/c1-3-4-8-18(15-24)21(17-11-13-19(23)14-12-17)16(2)22(25)26-20-9-6-5-7-10-20/h5-7,9-15,18,21H,2-4,8H2,1H3/t18-,21+/m0/s1. The molecule has 0 aromatic heterocycles. The van der Waals surface area contributed by atoms with Crippen molar-refractivity contribution in [3.63, 3.8) is 0 Å². The van der Waals surface area contributed by atoms with Crippen LogP contribution in [0, 0.1) is 5.92 Å². The summed E-state index contributed by atoms with van der Waals surface area (Å²) in [4.78, 5) is 24.4. The maximum Gasteiger partial charge on any atom is 0.339 e. The first-order chi connectivity index (χ1) is 12.6. The molecule has 2 aromatic carbocycles. The highest BCUT2D eigenvalue weighted by molar-refractivity contribution is 6.30. The zero-order valence-electron chi connectivity index (χ0n) is 14.9. The topological polar surface area (TPSA) is 43.4 Å². The molecule has 0 heterocycles. The maximum absolute atomic E-state index is 12.6. The second-order valence-corrected chi connectivity index (χ2v) is 6.64. The zero-order chi connectivity index (χ0) is 18.9. The smallest absolute Gasteiger partial charge is 0.339 e. The van der Waals surface area contributed by atoms with Gasteiger partial charge in [-0.15, -0.1) is 0 Å². The number of ether oxygens (including phenoxy) is 1. The van der Waals surface area contributed by atoms with Gasteiger partial charge in [-0.05, 0) is 36.2 Å². The molecule has 26 heavy (non-hydrogen) atoms. The van der Waals surface area contributed by atoms with Gasteiger partial charge < -0.3 is 9.53 Å². The number of carbonyl (C=O) groups is 2. The van der Waals surface area contributed by atoms with E-state index in [1.807, 2.05) is 18.2 Å². The van der Waals surface area contributed by atoms with Crippen LogP contribution in [0.15, 0.2) is 66.7 Å². The lowest BCUT2D eigenvalue weighted by Gasteiger charge is -2.24. The second-order valence-electron chi connectivity index (χ2n) is 6.20. The van der Waals surface area contributed by atoms with Gasteiger partial charge in [-0.2, -0.15) is 0 Å². The number of para-hydroxylation sites is 1. The summed E-state index contributed by atoms with van der Waals surface area (Å²) < 4.78 is 5.42. The van der Waals surface area contributed by atoms with Gasteiger partial charge in [-0.3, -0.25) is 0 Å². The average molecular weight is 371 g/mol. The van der Waals surface area contributed by atoms with Crippen molar-refractivity contribution in [1.29, 1.82) is 0 Å². The number of esters is 1. The lowest BCUT2D eigenvalue weighted by atomic mass is 9.79. The minimum atomic E-state index is -0.528. The van der Waals surface area contributed by atoms with E-state index in [-0.39, 0.29) is 11.5 Å². The van der Waals surface area contributed by atoms with Crippen molar-refractivity contribution < 1.29 is 14.3 Å². The number of unbranched alkanes of at least 4 members (excludes halogenated alkanes) is 1. The Balaban J connectivity index is 2.28. The third kappa shape index (κ3) is 5.30. The van der Waals surface area contributed by atoms with Gasteiger partial charge in [0.15, 0.2) is 0 Å². The summed E-state index contributed by atoms with van der Waals surface area (Å²) in [6.07, 6.45) is 3.47. The molecular weight excluding hydrogens is 348 g/mol. The van der Waals surface area contributed by atoms with Gasteiger partial charge in [-0.25, -0.2) is 4.79 Å². The molecule has 0 N–H and O–H groups in total. The lowest BCUT2D eigenvalue weighted by Crippen LogP contribution is -2.23. The first-order valence-corrected chi connectivity index (χ1v) is 9.11. The Morgan fingerprint density at radius 1 is 1.15 bits per heavy atom. The summed E-state index contributed by atoms with van der Waals surface area (Å²) in [5.74, 6) is -0.858. The van der Waals surface area contributed by atoms with Gasteiger partial charge in [0, 0.05) is 22.4 Å². The van der Waals surface area contributed by atoms with Crippen molar-refractivity contribution in [2.24, 2.45) is 5.92 Å². The maximum atomic E-state index is 12.6. The Hall–Kier alpha value is -2.39. The highest BCUT2D eigenvalue weighted by Gasteiger charge is 2.30. The number of hydrogen-bond donors (Lipinski definition) is 0. The van der Waals surface area contributed by atoms with E-state index in [2.05, 4.69) is 13.5 Å². The predicted molar refractivity (Wildman–Crippen MR) is 104 cm³/mol. The van der Waals surface area contributed by atoms with Crippen LogP contribution in [0.1, 0.15) is 37.7 Å². The predicted octanol–water partition coefficient (Wildman–Crippen LogP) is 5.59. The third-order valence-corrected chi connectivity index (χ3v) is 4.57. The minimum absolute atomic E-state index is 0.268. The van der Waals surface area contributed by atoms with Crippen LogP contribution >= 0.6 is 11.6 Å². The fraction of sp³-hybridized carbons (Fsp3) is 0.273. The molecule has 2 rings (SSSR count). The summed E-state index contributed by atoms with van der Waals surface area (Å²) in [6, 6.07) is 16.0. The molecule has 0 aliphatic heterocycles. The van der Waals surface area contributed by atoms with Crippen molar-refractivity contribution in [2.45, 2.75) is 32.1 Å². The summed E-state index contributed by atoms with van der Waals surface area (Å²) >= 11 is 5.98. The lowest BCUT2D eigenvalue weighted by molar-refractivity contribution is -0.130. The van der Waals surface area contributed by atoms with E-state index in [1.165, 1.54) is 0 Å². The van der Waals surface area contributed by atoms with Crippen LogP contribution in [0.5, 0.6) is 5.75 Å². The van der Waals surface area contributed by atoms with Gasteiger partial charge >= 0.3 is 5.97 Å². The molecule has 0 radical (unpaired) electrons. The number of aldehydes is 1. The van der Waals surface area contributed by atoms with Crippen LogP contribution in [-0.2, 0) is 9.59 Å². The quantitative estimate of drug-likeness (QED) is 0.250. The molecule has 0 saturated heterocycles. The summed E-state index contributed by atoms with van der Waals surface area (Å²) in [6.45, 7) is 6.03. The molecule has 0 unspecified atom stereocenters. The SMILES string of the molecule is C=C(C(=O)Oc1ccccc1)[C@H](c1ccc(Cl)cc1)[C@H](C=O)CCCC. The average Bonchev–Trinajstić information content (AvgIpc) is 2.66. The molecule has 136 valence electrons. The number of carbonyl (C=O) groups excluding carboxylic acids is 2. The number of halogens is 1. The minimum Gasteiger partial charge on any atom is -0.423 e. The summed E-state index contributed by atoms with van der Waals surface area (Å²) in [7, 11) is 0. The Bertz CT molecular complexity index is 738. The van der Waals surface area contributed by atoms with Crippen molar-refractivity contribution in [3.05, 3.63) is 77.3 Å². The van der Waals surface area contributed by atoms with Crippen LogP contribution in [0.3, 0.4) is 0 Å². The van der Waals surface area contributed by atoms with Crippen LogP contribution in [0.4, 0.5) is 0 Å². The molecule has 0 saturated carbocycles. The Kier molecular flexibility index (Phi) is 7.61. The van der Waals surface area contributed by atoms with E-state index in [4.69, 9.17) is 16.3 Å². The monoisotopic (exact) mass is 370 g/mol. The van der Waals surface area contributed by atoms with Crippen molar-refractivity contribution in [2.75, 3.05) is 0 Å². The van der Waals surface area contributed by atoms with Crippen molar-refractivity contribution in [1.82, 2.24) is 0 Å². The molecule has 2 aromatic rings. The first kappa shape index (κ1) is 19.9. The molecule has 0 aliphatic carbocycles. The largest absolute Gasteiger partial charge is 0.423 e. The van der Waals surface area contributed by atoms with Gasteiger partial charge in [0.25, 0.3) is 0 Å². The Morgan fingerprint density at radius 2 is 1.81 bits per heavy atom. The van der Waals surface area contributed by atoms with Crippen LogP contribution in [0.2, 0.25) is 5.02 Å². The van der Waals surface area contributed by atoms with Crippen LogP contribution in [-0.4, -0.2) is 12.3 Å². The molecule has 0 bridgehead atoms. The highest BCUT2D eigenvalue weighted by atomic mass is 35.5. The van der Waals surface area contributed by atoms with Gasteiger partial charge in [0.1, 0.15) is 12.0 Å². The van der Waals surface area contributed by atoms with Gasteiger partial charge in [0.2, 0.25) is 0 Å². The Labute approximate surface area is 159 Å². The molecule has 2 atom stereocenters. The highest BCUT2D eigenvalue weighted by Crippen LogP contribution is 2.34. The number of benzene rings is 2. The fourth-order valence-corrected chi connectivity index (χ4v) is 3.04. The first-order valence-electron chi connectivity index (χ1n) is 8.73. The molecule has 0 fully saturated rings. The fourth-order valence-electron chi connectivity index (χ4n) is 2.92. The Morgan fingerprint density at radius 3 is 2.38 bits per heavy atom. The van der Waals surface area contributed by atoms with E-state index in [0.717, 1.165) is 24.7 Å². The van der Waals surface area contributed by atoms with E-state index < -0.39 is 11.9 Å². The van der Waals surface area contributed by atoms with Crippen LogP contribution < -0.4 is 4.74 Å². The molecule has 4 heteroatoms. The van der Waals surface area contributed by atoms with E-state index >= 15 is 0 Å². The summed E-state index contributed by atoms with van der Waals surface area (Å²) in [5, 5.41) is 0.598. The van der Waals surface area contributed by atoms with Gasteiger partial charge in [0.05, 0.1) is 0 Å². The van der Waals surface area contributed by atoms with E-state index in [1.54, 1.807) is 36.4 Å². The second kappa shape index (κ2) is 9.93. The van der Waals surface area contributed by atoms with Gasteiger partial charge in [-0.1, -0.05) is 68.3 Å². The third-order valence-electron chi connectivity index (χ3n) is 4.31. The zero-order valence-corrected chi connectivity index (χ0v) is 15.6. The molecular formula is C22H23ClO3. The van der Waals surface area contributed by atoms with Crippen molar-refractivity contribution in [3.8, 4) is 5.75 Å². The molecule has 0 amide bonds. The van der Waals surface area contributed by atoms with E-state index in [0.29, 0.717) is 17.2 Å².